The zero-order valence-corrected chi connectivity index (χ0v) is 5.94. The number of benzene rings is 1. The number of hydrogen-bond acceptors (Lipinski definition) is 4. The molecule has 1 aromatic carbocycles. The van der Waals surface area contributed by atoms with Crippen molar-refractivity contribution in [2.45, 2.75) is 0 Å². The van der Waals surface area contributed by atoms with E-state index in [2.05, 4.69) is 9.47 Å². The van der Waals surface area contributed by atoms with Gasteiger partial charge in [-0.3, -0.25) is 0 Å². The van der Waals surface area contributed by atoms with Gasteiger partial charge in [0, 0.05) is 6.07 Å². The zero-order valence-electron chi connectivity index (χ0n) is 5.94. The molecule has 0 aliphatic carbocycles. The summed E-state index contributed by atoms with van der Waals surface area (Å²) in [5.74, 6) is 0.524. The van der Waals surface area contributed by atoms with Crippen LogP contribution in [0.15, 0.2) is 24.3 Å². The molecular formula is C8H4O4. The van der Waals surface area contributed by atoms with Crippen molar-refractivity contribution in [3.8, 4) is 11.5 Å². The van der Waals surface area contributed by atoms with Crippen LogP contribution < -0.4 is 9.47 Å². The third-order valence-corrected chi connectivity index (χ3v) is 1.12. The average molecular weight is 164 g/mol. The molecule has 0 saturated heterocycles. The molecule has 0 aromatic heterocycles. The molecular weight excluding hydrogens is 160 g/mol. The summed E-state index contributed by atoms with van der Waals surface area (Å²) in [6.07, 6.45) is 0. The molecule has 12 heavy (non-hydrogen) atoms. The number of rotatable bonds is 4. The van der Waals surface area contributed by atoms with Gasteiger partial charge in [0.15, 0.2) is 0 Å². The van der Waals surface area contributed by atoms with E-state index in [0.717, 1.165) is 0 Å². The van der Waals surface area contributed by atoms with Gasteiger partial charge in [-0.15, -0.1) is 0 Å². The fourth-order valence-electron chi connectivity index (χ4n) is 0.697. The third kappa shape index (κ3) is 2.09. The van der Waals surface area contributed by atoms with Gasteiger partial charge in [0.05, 0.1) is 0 Å². The summed E-state index contributed by atoms with van der Waals surface area (Å²) < 4.78 is 8.75. The predicted molar refractivity (Wildman–Crippen MR) is 39.1 cm³/mol. The number of hydrogen-bond donors (Lipinski definition) is 0. The molecule has 0 aliphatic rings. The molecule has 0 spiro atoms. The van der Waals surface area contributed by atoms with Crippen LogP contribution in [0.5, 0.6) is 11.5 Å². The van der Waals surface area contributed by atoms with E-state index in [9.17, 15) is 9.59 Å². The van der Waals surface area contributed by atoms with E-state index in [4.69, 9.17) is 0 Å². The van der Waals surface area contributed by atoms with Crippen LogP contribution in [-0.2, 0) is 9.59 Å². The van der Waals surface area contributed by atoms with Crippen LogP contribution >= 0.6 is 0 Å². The fraction of sp³-hybridized carbons (Fsp3) is 0. The van der Waals surface area contributed by atoms with Crippen LogP contribution in [0.3, 0.4) is 0 Å². The molecule has 0 fully saturated rings. The molecule has 60 valence electrons. The Balaban J connectivity index is 2.79. The summed E-state index contributed by atoms with van der Waals surface area (Å²) in [5.41, 5.74) is 0. The first kappa shape index (κ1) is 8.26. The second kappa shape index (κ2) is 4.12. The van der Waals surface area contributed by atoms with Crippen molar-refractivity contribution < 1.29 is 19.1 Å². The molecule has 0 bridgehead atoms. The van der Waals surface area contributed by atoms with Gasteiger partial charge in [-0.05, 0) is 12.1 Å². The largest absolute Gasteiger partial charge is 0.423 e. The third-order valence-electron chi connectivity index (χ3n) is 1.12. The summed E-state index contributed by atoms with van der Waals surface area (Å²) in [6, 6.07) is 6.00. The maximum Gasteiger partial charge on any atom is 0.423 e. The zero-order chi connectivity index (χ0) is 8.81. The lowest BCUT2D eigenvalue weighted by atomic mass is 10.3. The second-order valence-electron chi connectivity index (χ2n) is 1.85. The highest BCUT2D eigenvalue weighted by Crippen LogP contribution is 2.17. The van der Waals surface area contributed by atoms with E-state index in [1.54, 1.807) is 6.07 Å². The van der Waals surface area contributed by atoms with Crippen molar-refractivity contribution in [1.82, 2.24) is 0 Å². The van der Waals surface area contributed by atoms with Gasteiger partial charge < -0.3 is 9.47 Å². The van der Waals surface area contributed by atoms with Crippen LogP contribution in [0.4, 0.5) is 0 Å². The molecule has 1 rings (SSSR count). The van der Waals surface area contributed by atoms with Crippen molar-refractivity contribution >= 4 is 12.9 Å². The summed E-state index contributed by atoms with van der Waals surface area (Å²) in [7, 11) is 0. The summed E-state index contributed by atoms with van der Waals surface area (Å²) in [4.78, 5) is 19.6. The predicted octanol–water partition coefficient (Wildman–Crippen LogP) is 0.579. The molecule has 0 aliphatic heterocycles. The van der Waals surface area contributed by atoms with Crippen molar-refractivity contribution in [1.29, 1.82) is 0 Å². The van der Waals surface area contributed by atoms with E-state index in [1.807, 2.05) is 0 Å². The van der Waals surface area contributed by atoms with Gasteiger partial charge in [-0.25, -0.2) is 9.59 Å². The van der Waals surface area contributed by atoms with Gasteiger partial charge in [0.1, 0.15) is 11.5 Å². The minimum atomic E-state index is 0.262. The Hall–Kier alpha value is -1.84. The van der Waals surface area contributed by atoms with Gasteiger partial charge in [-0.1, -0.05) is 6.07 Å². The minimum Gasteiger partial charge on any atom is -0.418 e. The maximum absolute atomic E-state index is 9.78. The quantitative estimate of drug-likeness (QED) is 0.653. The van der Waals surface area contributed by atoms with Crippen LogP contribution in [-0.4, -0.2) is 12.9 Å². The lowest BCUT2D eigenvalue weighted by Crippen LogP contribution is -1.91. The molecule has 2 radical (unpaired) electrons. The number of ether oxygens (including phenoxy) is 2. The molecule has 0 atom stereocenters. The second-order valence-corrected chi connectivity index (χ2v) is 1.85. The van der Waals surface area contributed by atoms with E-state index >= 15 is 0 Å². The Morgan fingerprint density at radius 2 is 1.50 bits per heavy atom. The summed E-state index contributed by atoms with van der Waals surface area (Å²) >= 11 is 0. The Morgan fingerprint density at radius 1 is 1.00 bits per heavy atom. The van der Waals surface area contributed by atoms with Crippen LogP contribution in [0.1, 0.15) is 0 Å². The molecule has 0 N–H and O–H groups in total. The molecule has 1 aromatic rings. The van der Waals surface area contributed by atoms with Gasteiger partial charge in [0.25, 0.3) is 0 Å². The van der Waals surface area contributed by atoms with E-state index < -0.39 is 0 Å². The Labute approximate surface area is 68.7 Å². The van der Waals surface area contributed by atoms with E-state index in [0.29, 0.717) is 0 Å². The number of carbonyl (C=O) groups excluding carboxylic acids is 2. The average Bonchev–Trinajstić information content (AvgIpc) is 2.06. The van der Waals surface area contributed by atoms with Crippen LogP contribution in [0.25, 0.3) is 0 Å². The molecule has 0 amide bonds. The van der Waals surface area contributed by atoms with Gasteiger partial charge >= 0.3 is 12.9 Å². The van der Waals surface area contributed by atoms with Crippen molar-refractivity contribution in [2.75, 3.05) is 0 Å². The normalized spacial score (nSPS) is 8.67. The topological polar surface area (TPSA) is 52.6 Å². The molecule has 0 saturated carbocycles. The molecule has 0 unspecified atom stereocenters. The minimum absolute atomic E-state index is 0.262. The van der Waals surface area contributed by atoms with E-state index in [-0.39, 0.29) is 11.5 Å². The van der Waals surface area contributed by atoms with Gasteiger partial charge in [-0.2, -0.15) is 0 Å². The monoisotopic (exact) mass is 164 g/mol. The van der Waals surface area contributed by atoms with E-state index in [1.165, 1.54) is 31.1 Å². The van der Waals surface area contributed by atoms with Crippen molar-refractivity contribution in [3.05, 3.63) is 24.3 Å². The Kier molecular flexibility index (Phi) is 2.84. The first-order chi connectivity index (χ1) is 5.86. The summed E-state index contributed by atoms with van der Waals surface area (Å²) in [6.45, 7) is 2.50. The Morgan fingerprint density at radius 3 is 1.92 bits per heavy atom. The van der Waals surface area contributed by atoms with Gasteiger partial charge in [0.2, 0.25) is 0 Å². The maximum atomic E-state index is 9.78. The molecule has 0 heterocycles. The molecule has 4 nitrogen and oxygen atoms in total. The standard InChI is InChI=1S/C8H4O4/c9-5-11-7-2-1-3-8(4-7)12-6-10/h1-4H. The smallest absolute Gasteiger partial charge is 0.418 e. The highest BCUT2D eigenvalue weighted by molar-refractivity contribution is 5.50. The first-order valence-electron chi connectivity index (χ1n) is 3.05. The summed E-state index contributed by atoms with van der Waals surface area (Å²) in [5, 5.41) is 0. The first-order valence-corrected chi connectivity index (χ1v) is 3.05. The highest BCUT2D eigenvalue weighted by Gasteiger charge is 1.96. The van der Waals surface area contributed by atoms with Crippen LogP contribution in [0, 0.1) is 0 Å². The SMILES string of the molecule is O=[C]Oc1cccc(O[C]=O)c1. The van der Waals surface area contributed by atoms with Crippen molar-refractivity contribution in [3.63, 3.8) is 0 Å². The lowest BCUT2D eigenvalue weighted by molar-refractivity contribution is 0.432. The van der Waals surface area contributed by atoms with Crippen LogP contribution in [0.2, 0.25) is 0 Å². The van der Waals surface area contributed by atoms with Crippen molar-refractivity contribution in [2.24, 2.45) is 0 Å². The fourth-order valence-corrected chi connectivity index (χ4v) is 0.697. The molecule has 4 heteroatoms. The highest BCUT2D eigenvalue weighted by atomic mass is 16.5. The lowest BCUT2D eigenvalue weighted by Gasteiger charge is -1.98. The Bertz CT molecular complexity index is 257.